The van der Waals surface area contributed by atoms with Crippen LogP contribution in [0.15, 0.2) is 18.3 Å². The van der Waals surface area contributed by atoms with Crippen LogP contribution in [0.1, 0.15) is 30.1 Å². The molecule has 0 unspecified atom stereocenters. The number of esters is 1. The topological polar surface area (TPSA) is 68.3 Å². The molecule has 0 spiro atoms. The minimum Gasteiger partial charge on any atom is -0.449 e. The van der Waals surface area contributed by atoms with Crippen molar-refractivity contribution >= 4 is 23.5 Å². The summed E-state index contributed by atoms with van der Waals surface area (Å²) in [6.45, 7) is 1.53. The van der Waals surface area contributed by atoms with Gasteiger partial charge in [0.2, 0.25) is 0 Å². The molecule has 2 rings (SSSR count). The van der Waals surface area contributed by atoms with Gasteiger partial charge < -0.3 is 10.1 Å². The number of halogens is 1. The molecule has 0 aromatic carbocycles. The van der Waals surface area contributed by atoms with Gasteiger partial charge in [-0.05, 0) is 31.9 Å². The van der Waals surface area contributed by atoms with Gasteiger partial charge in [-0.25, -0.2) is 9.78 Å². The summed E-state index contributed by atoms with van der Waals surface area (Å²) >= 11 is 5.76. The van der Waals surface area contributed by atoms with E-state index >= 15 is 0 Å². The van der Waals surface area contributed by atoms with Gasteiger partial charge in [0.1, 0.15) is 5.15 Å². The molecule has 1 aliphatic rings. The van der Waals surface area contributed by atoms with Crippen LogP contribution in [-0.2, 0) is 9.53 Å². The molecule has 1 aromatic heterocycles. The maximum atomic E-state index is 11.8. The molecule has 0 radical (unpaired) electrons. The molecule has 96 valence electrons. The van der Waals surface area contributed by atoms with Crippen molar-refractivity contribution in [2.45, 2.75) is 31.9 Å². The van der Waals surface area contributed by atoms with E-state index in [9.17, 15) is 9.59 Å². The Kier molecular flexibility index (Phi) is 3.81. The molecule has 1 heterocycles. The van der Waals surface area contributed by atoms with Crippen molar-refractivity contribution in [2.24, 2.45) is 0 Å². The predicted octanol–water partition coefficient (Wildman–Crippen LogP) is 1.56. The van der Waals surface area contributed by atoms with Gasteiger partial charge in [0.25, 0.3) is 5.91 Å². The largest absolute Gasteiger partial charge is 0.449 e. The van der Waals surface area contributed by atoms with E-state index in [1.165, 1.54) is 19.2 Å². The van der Waals surface area contributed by atoms with Crippen molar-refractivity contribution in [2.75, 3.05) is 0 Å². The Morgan fingerprint density at radius 1 is 1.56 bits per heavy atom. The molecule has 1 aromatic rings. The van der Waals surface area contributed by atoms with Crippen LogP contribution in [0.5, 0.6) is 0 Å². The van der Waals surface area contributed by atoms with E-state index in [-0.39, 0.29) is 22.7 Å². The average molecular weight is 269 g/mol. The summed E-state index contributed by atoms with van der Waals surface area (Å²) in [5, 5.41) is 2.83. The Labute approximate surface area is 109 Å². The summed E-state index contributed by atoms with van der Waals surface area (Å²) in [6.07, 6.45) is 2.61. The van der Waals surface area contributed by atoms with Crippen molar-refractivity contribution < 1.29 is 14.3 Å². The highest BCUT2D eigenvalue weighted by Gasteiger charge is 2.27. The van der Waals surface area contributed by atoms with E-state index in [4.69, 9.17) is 16.3 Å². The first kappa shape index (κ1) is 12.8. The first-order valence-corrected chi connectivity index (χ1v) is 6.07. The lowest BCUT2D eigenvalue weighted by Crippen LogP contribution is -2.37. The number of pyridine rings is 1. The summed E-state index contributed by atoms with van der Waals surface area (Å²) in [6, 6.07) is 3.32. The smallest absolute Gasteiger partial charge is 0.342 e. The fraction of sp³-hybridized carbons (Fsp3) is 0.417. The van der Waals surface area contributed by atoms with Crippen LogP contribution in [0.3, 0.4) is 0 Å². The van der Waals surface area contributed by atoms with E-state index in [2.05, 4.69) is 10.3 Å². The number of hydrogen-bond acceptors (Lipinski definition) is 4. The third kappa shape index (κ3) is 3.20. The lowest BCUT2D eigenvalue weighted by atomic mass is 10.3. The molecule has 0 saturated heterocycles. The number of hydrogen-bond donors (Lipinski definition) is 1. The molecule has 5 nitrogen and oxygen atoms in total. The van der Waals surface area contributed by atoms with Crippen molar-refractivity contribution in [3.63, 3.8) is 0 Å². The summed E-state index contributed by atoms with van der Waals surface area (Å²) in [5.41, 5.74) is 0.158. The highest BCUT2D eigenvalue weighted by molar-refractivity contribution is 6.32. The number of ether oxygens (including phenoxy) is 1. The van der Waals surface area contributed by atoms with E-state index in [1.54, 1.807) is 6.07 Å². The number of nitrogens with zero attached hydrogens (tertiary/aromatic N) is 1. The normalized spacial score (nSPS) is 15.9. The summed E-state index contributed by atoms with van der Waals surface area (Å²) in [4.78, 5) is 27.1. The maximum absolute atomic E-state index is 11.8. The minimum atomic E-state index is -0.839. The fourth-order valence-corrected chi connectivity index (χ4v) is 1.56. The van der Waals surface area contributed by atoms with Crippen LogP contribution >= 0.6 is 11.6 Å². The predicted molar refractivity (Wildman–Crippen MR) is 65.3 cm³/mol. The molecule has 1 N–H and O–H groups in total. The number of nitrogens with one attached hydrogen (secondary N) is 1. The molecule has 0 aliphatic heterocycles. The lowest BCUT2D eigenvalue weighted by molar-refractivity contribution is -0.129. The Bertz CT molecular complexity index is 474. The first-order valence-electron chi connectivity index (χ1n) is 5.70. The van der Waals surface area contributed by atoms with Crippen LogP contribution in [-0.4, -0.2) is 29.0 Å². The fourth-order valence-electron chi connectivity index (χ4n) is 1.36. The van der Waals surface area contributed by atoms with E-state index in [0.717, 1.165) is 12.8 Å². The standard InChI is InChI=1S/C12H13ClN2O3/c1-7(11(16)15-8-4-5-8)18-12(17)9-3-2-6-14-10(9)13/h2-3,6-8H,4-5H2,1H3,(H,15,16)/t7-/m0/s1. The molecule has 0 bridgehead atoms. The number of aromatic nitrogens is 1. The zero-order chi connectivity index (χ0) is 13.1. The van der Waals surface area contributed by atoms with Gasteiger partial charge in [-0.15, -0.1) is 0 Å². The van der Waals surface area contributed by atoms with Gasteiger partial charge >= 0.3 is 5.97 Å². The molecular weight excluding hydrogens is 256 g/mol. The highest BCUT2D eigenvalue weighted by Crippen LogP contribution is 2.19. The van der Waals surface area contributed by atoms with Crippen LogP contribution in [0.4, 0.5) is 0 Å². The number of carbonyl (C=O) groups excluding carboxylic acids is 2. The van der Waals surface area contributed by atoms with Gasteiger partial charge in [0.05, 0.1) is 5.56 Å². The van der Waals surface area contributed by atoms with E-state index < -0.39 is 12.1 Å². The SMILES string of the molecule is C[C@H](OC(=O)c1cccnc1Cl)C(=O)NC1CC1. The third-order valence-corrected chi connectivity index (χ3v) is 2.86. The third-order valence-electron chi connectivity index (χ3n) is 2.56. The van der Waals surface area contributed by atoms with Crippen molar-refractivity contribution in [1.29, 1.82) is 0 Å². The zero-order valence-corrected chi connectivity index (χ0v) is 10.6. The van der Waals surface area contributed by atoms with E-state index in [0.29, 0.717) is 0 Å². The van der Waals surface area contributed by atoms with Gasteiger partial charge in [0, 0.05) is 12.2 Å². The average Bonchev–Trinajstić information content (AvgIpc) is 3.13. The highest BCUT2D eigenvalue weighted by atomic mass is 35.5. The molecule has 1 aliphatic carbocycles. The number of rotatable bonds is 4. The minimum absolute atomic E-state index is 0.0669. The number of carbonyl (C=O) groups is 2. The molecule has 1 atom stereocenters. The number of amides is 1. The maximum Gasteiger partial charge on any atom is 0.342 e. The molecule has 6 heteroatoms. The quantitative estimate of drug-likeness (QED) is 0.665. The lowest BCUT2D eigenvalue weighted by Gasteiger charge is -2.13. The molecular formula is C12H13ClN2O3. The Hall–Kier alpha value is -1.62. The van der Waals surface area contributed by atoms with Crippen molar-refractivity contribution in [3.8, 4) is 0 Å². The van der Waals surface area contributed by atoms with Crippen LogP contribution in [0.2, 0.25) is 5.15 Å². The molecule has 1 saturated carbocycles. The summed E-state index contributed by atoms with van der Waals surface area (Å²) < 4.78 is 5.03. The summed E-state index contributed by atoms with van der Waals surface area (Å²) in [5.74, 6) is -0.933. The molecule has 1 amide bonds. The Balaban J connectivity index is 1.94. The first-order chi connectivity index (χ1) is 8.58. The second-order valence-corrected chi connectivity index (χ2v) is 4.53. The van der Waals surface area contributed by atoms with Gasteiger partial charge in [-0.3, -0.25) is 4.79 Å². The van der Waals surface area contributed by atoms with Crippen LogP contribution in [0, 0.1) is 0 Å². The van der Waals surface area contributed by atoms with Crippen molar-refractivity contribution in [1.82, 2.24) is 10.3 Å². The zero-order valence-electron chi connectivity index (χ0n) is 9.85. The van der Waals surface area contributed by atoms with Gasteiger partial charge in [-0.2, -0.15) is 0 Å². The monoisotopic (exact) mass is 268 g/mol. The second-order valence-electron chi connectivity index (χ2n) is 4.17. The Morgan fingerprint density at radius 2 is 2.28 bits per heavy atom. The van der Waals surface area contributed by atoms with Gasteiger partial charge in [-0.1, -0.05) is 11.6 Å². The van der Waals surface area contributed by atoms with Crippen molar-refractivity contribution in [3.05, 3.63) is 29.0 Å². The van der Waals surface area contributed by atoms with Crippen LogP contribution in [0.25, 0.3) is 0 Å². The van der Waals surface area contributed by atoms with Crippen LogP contribution < -0.4 is 5.32 Å². The Morgan fingerprint density at radius 3 is 2.89 bits per heavy atom. The second kappa shape index (κ2) is 5.35. The summed E-state index contributed by atoms with van der Waals surface area (Å²) in [7, 11) is 0. The molecule has 1 fully saturated rings. The van der Waals surface area contributed by atoms with Gasteiger partial charge in [0.15, 0.2) is 6.10 Å². The van der Waals surface area contributed by atoms with E-state index in [1.807, 2.05) is 0 Å². The molecule has 18 heavy (non-hydrogen) atoms.